The van der Waals surface area contributed by atoms with E-state index in [0.717, 1.165) is 24.9 Å². The van der Waals surface area contributed by atoms with E-state index < -0.39 is 0 Å². The second-order valence-corrected chi connectivity index (χ2v) is 6.81. The zero-order chi connectivity index (χ0) is 14.7. The van der Waals surface area contributed by atoms with Crippen molar-refractivity contribution in [1.29, 1.82) is 0 Å². The van der Waals surface area contributed by atoms with Gasteiger partial charge in [-0.1, -0.05) is 17.7 Å². The number of halogens is 2. The molecule has 2 aliphatic rings. The predicted molar refractivity (Wildman–Crippen MR) is 85.0 cm³/mol. The molecule has 1 aromatic rings. The highest BCUT2D eigenvalue weighted by Crippen LogP contribution is 2.32. The minimum atomic E-state index is -0.178. The van der Waals surface area contributed by atoms with Gasteiger partial charge in [0.05, 0.1) is 0 Å². The van der Waals surface area contributed by atoms with Crippen LogP contribution in [0.4, 0.5) is 4.39 Å². The highest BCUT2D eigenvalue weighted by molar-refractivity contribution is 6.31. The summed E-state index contributed by atoms with van der Waals surface area (Å²) in [4.78, 5) is 2.35. The van der Waals surface area contributed by atoms with E-state index in [2.05, 4.69) is 10.2 Å². The van der Waals surface area contributed by atoms with E-state index in [4.69, 9.17) is 11.6 Å². The minimum absolute atomic E-state index is 0.178. The lowest BCUT2D eigenvalue weighted by Crippen LogP contribution is -2.39. The molecule has 0 aliphatic carbocycles. The summed E-state index contributed by atoms with van der Waals surface area (Å²) in [5, 5.41) is 3.99. The Morgan fingerprint density at radius 2 is 1.76 bits per heavy atom. The number of piperidine rings is 2. The zero-order valence-corrected chi connectivity index (χ0v) is 13.2. The number of hydrogen-bond donors (Lipinski definition) is 1. The molecule has 2 saturated heterocycles. The molecule has 4 heteroatoms. The first kappa shape index (κ1) is 15.3. The lowest BCUT2D eigenvalue weighted by atomic mass is 9.79. The number of benzene rings is 1. The van der Waals surface area contributed by atoms with Gasteiger partial charge in [0.15, 0.2) is 0 Å². The second kappa shape index (κ2) is 7.08. The molecule has 0 unspecified atom stereocenters. The Morgan fingerprint density at radius 3 is 2.43 bits per heavy atom. The van der Waals surface area contributed by atoms with Gasteiger partial charge in [-0.15, -0.1) is 0 Å². The summed E-state index contributed by atoms with van der Waals surface area (Å²) in [5.74, 6) is 1.58. The minimum Gasteiger partial charge on any atom is -0.317 e. The average Bonchev–Trinajstić information content (AvgIpc) is 2.53. The molecule has 0 radical (unpaired) electrons. The summed E-state index contributed by atoms with van der Waals surface area (Å²) in [6.07, 6.45) is 5.14. The molecule has 0 saturated carbocycles. The smallest absolute Gasteiger partial charge is 0.129 e. The molecule has 1 N–H and O–H groups in total. The van der Waals surface area contributed by atoms with E-state index in [1.807, 2.05) is 0 Å². The van der Waals surface area contributed by atoms with Crippen molar-refractivity contribution < 1.29 is 4.39 Å². The molecule has 0 spiro atoms. The monoisotopic (exact) mass is 310 g/mol. The van der Waals surface area contributed by atoms with E-state index in [1.54, 1.807) is 12.1 Å². The van der Waals surface area contributed by atoms with Crippen molar-refractivity contribution in [2.75, 3.05) is 26.2 Å². The number of rotatable bonds is 3. The summed E-state index contributed by atoms with van der Waals surface area (Å²) in [5.41, 5.74) is 0.652. The number of nitrogens with one attached hydrogen (secondary N) is 1. The molecule has 2 fully saturated rings. The summed E-state index contributed by atoms with van der Waals surface area (Å²) in [6.45, 7) is 5.13. The molecule has 21 heavy (non-hydrogen) atoms. The molecule has 0 bridgehead atoms. The topological polar surface area (TPSA) is 15.3 Å². The van der Waals surface area contributed by atoms with Crippen LogP contribution >= 0.6 is 11.6 Å². The van der Waals surface area contributed by atoms with Crippen LogP contribution in [0.1, 0.15) is 31.2 Å². The number of likely N-dealkylation sites (tertiary alicyclic amines) is 1. The van der Waals surface area contributed by atoms with Gasteiger partial charge in [0, 0.05) is 17.1 Å². The summed E-state index contributed by atoms with van der Waals surface area (Å²) < 4.78 is 13.9. The molecule has 0 amide bonds. The van der Waals surface area contributed by atoms with Gasteiger partial charge in [0.1, 0.15) is 5.82 Å². The van der Waals surface area contributed by atoms with E-state index in [9.17, 15) is 4.39 Å². The average molecular weight is 311 g/mol. The number of nitrogens with zero attached hydrogens (tertiary/aromatic N) is 1. The molecule has 1 aromatic carbocycles. The van der Waals surface area contributed by atoms with Crippen molar-refractivity contribution in [2.24, 2.45) is 11.8 Å². The van der Waals surface area contributed by atoms with Crippen LogP contribution in [0.15, 0.2) is 18.2 Å². The van der Waals surface area contributed by atoms with Crippen LogP contribution in [0.5, 0.6) is 0 Å². The Morgan fingerprint density at radius 1 is 1.10 bits per heavy atom. The van der Waals surface area contributed by atoms with Gasteiger partial charge in [-0.2, -0.15) is 0 Å². The Kier molecular flexibility index (Phi) is 5.15. The maximum Gasteiger partial charge on any atom is 0.129 e. The Labute approximate surface area is 131 Å². The van der Waals surface area contributed by atoms with Crippen LogP contribution in [0.25, 0.3) is 0 Å². The van der Waals surface area contributed by atoms with E-state index in [0.29, 0.717) is 17.1 Å². The highest BCUT2D eigenvalue weighted by Gasteiger charge is 2.27. The third-order valence-electron chi connectivity index (χ3n) is 5.13. The van der Waals surface area contributed by atoms with Gasteiger partial charge >= 0.3 is 0 Å². The lowest BCUT2D eigenvalue weighted by molar-refractivity contribution is 0.125. The highest BCUT2D eigenvalue weighted by atomic mass is 35.5. The standard InChI is InChI=1S/C17H24ClFN2/c18-16-2-1-3-17(19)15(16)12-21-10-6-14(7-11-21)13-4-8-20-9-5-13/h1-3,13-14,20H,4-12H2. The van der Waals surface area contributed by atoms with Gasteiger partial charge in [-0.3, -0.25) is 4.90 Å². The third-order valence-corrected chi connectivity index (χ3v) is 5.48. The summed E-state index contributed by atoms with van der Waals surface area (Å²) >= 11 is 6.13. The molecule has 116 valence electrons. The van der Waals surface area contributed by atoms with E-state index in [-0.39, 0.29) is 5.82 Å². The van der Waals surface area contributed by atoms with Crippen LogP contribution in [-0.4, -0.2) is 31.1 Å². The fourth-order valence-corrected chi connectivity index (χ4v) is 4.03. The van der Waals surface area contributed by atoms with Crippen molar-refractivity contribution in [1.82, 2.24) is 10.2 Å². The van der Waals surface area contributed by atoms with Crippen molar-refractivity contribution in [3.63, 3.8) is 0 Å². The molecule has 0 atom stereocenters. The van der Waals surface area contributed by atoms with Gasteiger partial charge in [0.2, 0.25) is 0 Å². The number of hydrogen-bond acceptors (Lipinski definition) is 2. The maximum absolute atomic E-state index is 13.9. The van der Waals surface area contributed by atoms with Crippen LogP contribution in [0, 0.1) is 17.7 Å². The fraction of sp³-hybridized carbons (Fsp3) is 0.647. The Hall–Kier alpha value is -0.640. The molecular formula is C17H24ClFN2. The molecular weight excluding hydrogens is 287 g/mol. The van der Waals surface area contributed by atoms with Gasteiger partial charge in [-0.25, -0.2) is 4.39 Å². The molecule has 0 aromatic heterocycles. The quantitative estimate of drug-likeness (QED) is 0.916. The largest absolute Gasteiger partial charge is 0.317 e. The Bertz CT molecular complexity index is 446. The van der Waals surface area contributed by atoms with Gasteiger partial charge in [-0.05, 0) is 75.8 Å². The molecule has 2 aliphatic heterocycles. The molecule has 2 heterocycles. The van der Waals surface area contributed by atoms with Crippen molar-refractivity contribution in [2.45, 2.75) is 32.2 Å². The van der Waals surface area contributed by atoms with Crippen LogP contribution in [0.2, 0.25) is 5.02 Å². The van der Waals surface area contributed by atoms with E-state index in [1.165, 1.54) is 44.8 Å². The van der Waals surface area contributed by atoms with Crippen LogP contribution in [-0.2, 0) is 6.54 Å². The first-order valence-corrected chi connectivity index (χ1v) is 8.48. The van der Waals surface area contributed by atoms with Gasteiger partial charge < -0.3 is 5.32 Å². The van der Waals surface area contributed by atoms with Crippen LogP contribution < -0.4 is 5.32 Å². The molecule has 3 rings (SSSR count). The van der Waals surface area contributed by atoms with Crippen molar-refractivity contribution in [3.05, 3.63) is 34.6 Å². The van der Waals surface area contributed by atoms with Gasteiger partial charge in [0.25, 0.3) is 0 Å². The van der Waals surface area contributed by atoms with Crippen LogP contribution in [0.3, 0.4) is 0 Å². The zero-order valence-electron chi connectivity index (χ0n) is 12.5. The normalized spacial score (nSPS) is 22.6. The Balaban J connectivity index is 1.54. The van der Waals surface area contributed by atoms with Crippen molar-refractivity contribution >= 4 is 11.6 Å². The SMILES string of the molecule is Fc1cccc(Cl)c1CN1CCC(C2CCNCC2)CC1. The molecule has 2 nitrogen and oxygen atoms in total. The maximum atomic E-state index is 13.9. The van der Waals surface area contributed by atoms with E-state index >= 15 is 0 Å². The predicted octanol–water partition coefficient (Wildman–Crippen LogP) is 3.69. The lowest BCUT2D eigenvalue weighted by Gasteiger charge is -2.38. The van der Waals surface area contributed by atoms with Crippen molar-refractivity contribution in [3.8, 4) is 0 Å². The fourth-order valence-electron chi connectivity index (χ4n) is 3.81. The summed E-state index contributed by atoms with van der Waals surface area (Å²) in [7, 11) is 0. The first-order valence-electron chi connectivity index (χ1n) is 8.10. The second-order valence-electron chi connectivity index (χ2n) is 6.40. The summed E-state index contributed by atoms with van der Waals surface area (Å²) in [6, 6.07) is 4.95. The third kappa shape index (κ3) is 3.77. The first-order chi connectivity index (χ1) is 10.2.